The minimum Gasteiger partial charge on any atom is -0.324 e. The molecule has 0 saturated carbocycles. The molecule has 0 aliphatic rings. The number of rotatable bonds is 4. The lowest BCUT2D eigenvalue weighted by atomic mass is 10.1. The van der Waals surface area contributed by atoms with Crippen molar-refractivity contribution in [3.8, 4) is 23.1 Å². The molecule has 3 aromatic heterocycles. The molecule has 5 rings (SSSR count). The third-order valence-corrected chi connectivity index (χ3v) is 5.17. The van der Waals surface area contributed by atoms with Gasteiger partial charge in [0.15, 0.2) is 11.6 Å². The van der Waals surface area contributed by atoms with Crippen LogP contribution in [0.2, 0.25) is 0 Å². The number of anilines is 2. The summed E-state index contributed by atoms with van der Waals surface area (Å²) in [6, 6.07) is 23.9. The average molecular weight is 417 g/mol. The topological polar surface area (TPSA) is 92.3 Å². The molecule has 0 aliphatic heterocycles. The molecule has 0 spiro atoms. The monoisotopic (exact) mass is 417 g/mol. The summed E-state index contributed by atoms with van der Waals surface area (Å²) < 4.78 is 1.64. The Morgan fingerprint density at radius 2 is 1.69 bits per heavy atom. The van der Waals surface area contributed by atoms with Crippen molar-refractivity contribution in [3.05, 3.63) is 89.9 Å². The van der Waals surface area contributed by atoms with E-state index in [2.05, 4.69) is 26.5 Å². The van der Waals surface area contributed by atoms with E-state index in [1.54, 1.807) is 4.68 Å². The molecule has 1 N–H and O–H groups in total. The first-order chi connectivity index (χ1) is 15.6. The second-order valence-corrected chi connectivity index (χ2v) is 7.42. The normalized spacial score (nSPS) is 10.8. The Morgan fingerprint density at radius 1 is 0.906 bits per heavy atom. The van der Waals surface area contributed by atoms with Crippen LogP contribution < -0.4 is 5.32 Å². The van der Waals surface area contributed by atoms with Gasteiger partial charge in [-0.25, -0.2) is 15.0 Å². The van der Waals surface area contributed by atoms with Gasteiger partial charge in [-0.05, 0) is 31.5 Å². The summed E-state index contributed by atoms with van der Waals surface area (Å²) in [4.78, 5) is 13.8. The molecule has 7 heteroatoms. The molecule has 0 unspecified atom stereocenters. The van der Waals surface area contributed by atoms with Crippen molar-refractivity contribution in [1.82, 2.24) is 24.7 Å². The number of benzene rings is 2. The Labute approximate surface area is 185 Å². The van der Waals surface area contributed by atoms with E-state index in [1.165, 1.54) is 6.20 Å². The van der Waals surface area contributed by atoms with Gasteiger partial charge in [0.1, 0.15) is 23.3 Å². The molecule has 0 radical (unpaired) electrons. The predicted molar refractivity (Wildman–Crippen MR) is 124 cm³/mol. The van der Waals surface area contributed by atoms with Crippen LogP contribution in [0, 0.1) is 25.2 Å². The first kappa shape index (κ1) is 19.4. The lowest BCUT2D eigenvalue weighted by molar-refractivity contribution is 0.857. The average Bonchev–Trinajstić information content (AvgIpc) is 3.21. The summed E-state index contributed by atoms with van der Waals surface area (Å²) in [7, 11) is 0. The number of nitrogens with one attached hydrogen (secondary N) is 1. The SMILES string of the molecule is Cc1nc(Nc2c(C#N)cnn2-c2cc(C)c3ccccc3n2)cc(-c2ccccc2)n1. The van der Waals surface area contributed by atoms with Crippen LogP contribution in [-0.4, -0.2) is 24.7 Å². The molecule has 0 atom stereocenters. The van der Waals surface area contributed by atoms with Crippen LogP contribution in [-0.2, 0) is 0 Å². The van der Waals surface area contributed by atoms with Crippen LogP contribution >= 0.6 is 0 Å². The number of pyridine rings is 1. The fourth-order valence-corrected chi connectivity index (χ4v) is 3.67. The van der Waals surface area contributed by atoms with Gasteiger partial charge in [0, 0.05) is 17.0 Å². The highest BCUT2D eigenvalue weighted by molar-refractivity contribution is 5.83. The van der Waals surface area contributed by atoms with Gasteiger partial charge in [-0.2, -0.15) is 15.0 Å². The first-order valence-corrected chi connectivity index (χ1v) is 10.2. The largest absolute Gasteiger partial charge is 0.324 e. The lowest BCUT2D eigenvalue weighted by Gasteiger charge is -2.12. The molecular formula is C25H19N7. The molecule has 0 fully saturated rings. The third-order valence-electron chi connectivity index (χ3n) is 5.17. The number of nitrogens with zero attached hydrogens (tertiary/aromatic N) is 6. The lowest BCUT2D eigenvalue weighted by Crippen LogP contribution is -2.07. The number of hydrogen-bond acceptors (Lipinski definition) is 6. The van der Waals surface area contributed by atoms with Crippen LogP contribution in [0.1, 0.15) is 17.0 Å². The van der Waals surface area contributed by atoms with Crippen molar-refractivity contribution in [1.29, 1.82) is 5.26 Å². The highest BCUT2D eigenvalue weighted by atomic mass is 15.4. The summed E-state index contributed by atoms with van der Waals surface area (Å²) >= 11 is 0. The van der Waals surface area contributed by atoms with Gasteiger partial charge < -0.3 is 5.32 Å². The zero-order valence-corrected chi connectivity index (χ0v) is 17.6. The standard InChI is InChI=1S/C25H19N7/c1-16-12-24(30-21-11-7-6-10-20(16)21)32-25(19(14-26)15-27-32)31-23-13-22(28-17(2)29-23)18-8-4-3-5-9-18/h3-13,15H,1-2H3,(H,28,29,31). The molecule has 5 aromatic rings. The van der Waals surface area contributed by atoms with E-state index in [0.29, 0.717) is 28.8 Å². The first-order valence-electron chi connectivity index (χ1n) is 10.2. The van der Waals surface area contributed by atoms with Crippen molar-refractivity contribution in [3.63, 3.8) is 0 Å². The molecule has 0 bridgehead atoms. The van der Waals surface area contributed by atoms with Gasteiger partial charge in [-0.1, -0.05) is 48.5 Å². The molecule has 0 amide bonds. The Morgan fingerprint density at radius 3 is 2.50 bits per heavy atom. The highest BCUT2D eigenvalue weighted by Crippen LogP contribution is 2.27. The fourth-order valence-electron chi connectivity index (χ4n) is 3.67. The van der Waals surface area contributed by atoms with Crippen molar-refractivity contribution in [2.75, 3.05) is 5.32 Å². The summed E-state index contributed by atoms with van der Waals surface area (Å²) in [6.45, 7) is 3.88. The van der Waals surface area contributed by atoms with Crippen molar-refractivity contribution in [2.45, 2.75) is 13.8 Å². The van der Waals surface area contributed by atoms with Crippen molar-refractivity contribution >= 4 is 22.5 Å². The van der Waals surface area contributed by atoms with Gasteiger partial charge in [-0.15, -0.1) is 0 Å². The number of nitriles is 1. The zero-order chi connectivity index (χ0) is 22.1. The minimum atomic E-state index is 0.398. The second-order valence-electron chi connectivity index (χ2n) is 7.42. The van der Waals surface area contributed by atoms with Crippen LogP contribution in [0.15, 0.2) is 72.9 Å². The molecule has 3 heterocycles. The molecule has 32 heavy (non-hydrogen) atoms. The number of hydrogen-bond donors (Lipinski definition) is 1. The number of fused-ring (bicyclic) bond motifs is 1. The van der Waals surface area contributed by atoms with E-state index in [-0.39, 0.29) is 0 Å². The van der Waals surface area contributed by atoms with Crippen molar-refractivity contribution in [2.24, 2.45) is 0 Å². The fraction of sp³-hybridized carbons (Fsp3) is 0.0800. The molecule has 0 aliphatic carbocycles. The van der Waals surface area contributed by atoms with Gasteiger partial charge in [0.2, 0.25) is 0 Å². The maximum Gasteiger partial charge on any atom is 0.156 e. The van der Waals surface area contributed by atoms with E-state index in [4.69, 9.17) is 4.98 Å². The number of aromatic nitrogens is 5. The Balaban J connectivity index is 1.60. The third kappa shape index (κ3) is 3.55. The zero-order valence-electron chi connectivity index (χ0n) is 17.6. The smallest absolute Gasteiger partial charge is 0.156 e. The Bertz CT molecular complexity index is 1480. The number of aryl methyl sites for hydroxylation is 2. The summed E-state index contributed by atoms with van der Waals surface area (Å²) in [5.41, 5.74) is 4.13. The second kappa shape index (κ2) is 7.93. The molecule has 7 nitrogen and oxygen atoms in total. The van der Waals surface area contributed by atoms with Gasteiger partial charge in [-0.3, -0.25) is 0 Å². The van der Waals surface area contributed by atoms with E-state index in [9.17, 15) is 5.26 Å². The number of para-hydroxylation sites is 1. The molecular weight excluding hydrogens is 398 g/mol. The molecule has 0 saturated heterocycles. The van der Waals surface area contributed by atoms with Crippen LogP contribution in [0.3, 0.4) is 0 Å². The summed E-state index contributed by atoms with van der Waals surface area (Å²) in [6.07, 6.45) is 1.53. The van der Waals surface area contributed by atoms with Crippen LogP contribution in [0.5, 0.6) is 0 Å². The summed E-state index contributed by atoms with van der Waals surface area (Å²) in [5, 5.41) is 18.5. The van der Waals surface area contributed by atoms with E-state index < -0.39 is 0 Å². The van der Waals surface area contributed by atoms with E-state index in [1.807, 2.05) is 80.6 Å². The van der Waals surface area contributed by atoms with E-state index >= 15 is 0 Å². The highest BCUT2D eigenvalue weighted by Gasteiger charge is 2.16. The predicted octanol–water partition coefficient (Wildman–Crippen LogP) is 5.11. The maximum atomic E-state index is 9.67. The van der Waals surface area contributed by atoms with E-state index in [0.717, 1.165) is 27.7 Å². The maximum absolute atomic E-state index is 9.67. The van der Waals surface area contributed by atoms with Gasteiger partial charge in [0.05, 0.1) is 17.4 Å². The minimum absolute atomic E-state index is 0.398. The Hall–Kier alpha value is -4.57. The molecule has 154 valence electrons. The Kier molecular flexibility index (Phi) is 4.81. The van der Waals surface area contributed by atoms with Gasteiger partial charge >= 0.3 is 0 Å². The van der Waals surface area contributed by atoms with Crippen molar-refractivity contribution < 1.29 is 0 Å². The summed E-state index contributed by atoms with van der Waals surface area (Å²) in [5.74, 6) is 2.33. The van der Waals surface area contributed by atoms with Crippen LogP contribution in [0.25, 0.3) is 28.0 Å². The molecule has 2 aromatic carbocycles. The van der Waals surface area contributed by atoms with Gasteiger partial charge in [0.25, 0.3) is 0 Å². The van der Waals surface area contributed by atoms with Crippen LogP contribution in [0.4, 0.5) is 11.6 Å². The quantitative estimate of drug-likeness (QED) is 0.437.